The number of hydrogen-bond acceptors (Lipinski definition) is 8. The predicted molar refractivity (Wildman–Crippen MR) is 95.8 cm³/mol. The maximum atomic E-state index is 5.48. The molecule has 130 valence electrons. The Kier molecular flexibility index (Phi) is 4.34. The highest BCUT2D eigenvalue weighted by molar-refractivity contribution is 8.00. The van der Waals surface area contributed by atoms with Crippen molar-refractivity contribution in [1.82, 2.24) is 25.0 Å². The number of ether oxygens (including phenoxy) is 2. The number of aryl methyl sites for hydroxylation is 1. The molecule has 0 N–H and O–H groups in total. The predicted octanol–water partition coefficient (Wildman–Crippen LogP) is 3.57. The van der Waals surface area contributed by atoms with E-state index in [1.807, 2.05) is 29.8 Å². The van der Waals surface area contributed by atoms with Gasteiger partial charge in [0, 0.05) is 12.0 Å². The molecule has 0 fully saturated rings. The second-order valence-electron chi connectivity index (χ2n) is 5.87. The Morgan fingerprint density at radius 3 is 2.84 bits per heavy atom. The normalized spacial score (nSPS) is 13.0. The van der Waals surface area contributed by atoms with Crippen LogP contribution in [-0.2, 0) is 5.75 Å². The molecule has 0 atom stereocenters. The lowest BCUT2D eigenvalue weighted by Crippen LogP contribution is -2.02. The van der Waals surface area contributed by atoms with Gasteiger partial charge < -0.3 is 9.47 Å². The lowest BCUT2D eigenvalue weighted by atomic mass is 10.2. The van der Waals surface area contributed by atoms with Gasteiger partial charge in [-0.05, 0) is 19.1 Å². The first kappa shape index (κ1) is 16.3. The van der Waals surface area contributed by atoms with Gasteiger partial charge in [-0.2, -0.15) is 5.10 Å². The van der Waals surface area contributed by atoms with Crippen molar-refractivity contribution in [2.75, 3.05) is 6.79 Å². The van der Waals surface area contributed by atoms with Gasteiger partial charge in [-0.15, -0.1) is 10.2 Å². The summed E-state index contributed by atoms with van der Waals surface area (Å²) >= 11 is 3.20. The number of thioether (sulfide) groups is 1. The highest BCUT2D eigenvalue weighted by atomic mass is 32.2. The Bertz CT molecular complexity index is 906. The van der Waals surface area contributed by atoms with Crippen LogP contribution in [0.3, 0.4) is 0 Å². The fourth-order valence-corrected chi connectivity index (χ4v) is 4.12. The first-order valence-electron chi connectivity index (χ1n) is 7.89. The maximum Gasteiger partial charge on any atom is 0.231 e. The van der Waals surface area contributed by atoms with Crippen LogP contribution in [0.25, 0.3) is 5.69 Å². The molecular formula is C16H17N5O2S2. The molecule has 1 aliphatic rings. The van der Waals surface area contributed by atoms with Crippen LogP contribution in [0.15, 0.2) is 22.5 Å². The summed E-state index contributed by atoms with van der Waals surface area (Å²) in [6.07, 6.45) is 0. The van der Waals surface area contributed by atoms with E-state index >= 15 is 0 Å². The van der Waals surface area contributed by atoms with E-state index in [9.17, 15) is 0 Å². The molecule has 3 heterocycles. The molecule has 0 bridgehead atoms. The van der Waals surface area contributed by atoms with Crippen LogP contribution in [-0.4, -0.2) is 31.8 Å². The molecular weight excluding hydrogens is 358 g/mol. The zero-order valence-corrected chi connectivity index (χ0v) is 15.7. The van der Waals surface area contributed by atoms with Crippen LogP contribution in [0.5, 0.6) is 11.5 Å². The monoisotopic (exact) mass is 375 g/mol. The van der Waals surface area contributed by atoms with E-state index < -0.39 is 0 Å². The molecule has 9 heteroatoms. The molecule has 0 amide bonds. The minimum atomic E-state index is 0.253. The topological polar surface area (TPSA) is 75.0 Å². The lowest BCUT2D eigenvalue weighted by molar-refractivity contribution is 0.174. The largest absolute Gasteiger partial charge is 0.454 e. The molecule has 0 aliphatic carbocycles. The fourth-order valence-electron chi connectivity index (χ4n) is 2.39. The number of rotatable bonds is 5. The molecule has 2 aromatic heterocycles. The molecule has 4 rings (SSSR count). The quantitative estimate of drug-likeness (QED) is 0.631. The summed E-state index contributed by atoms with van der Waals surface area (Å²) in [5, 5.41) is 13.9. The smallest absolute Gasteiger partial charge is 0.231 e. The Morgan fingerprint density at radius 1 is 1.24 bits per heavy atom. The minimum absolute atomic E-state index is 0.253. The summed E-state index contributed by atoms with van der Waals surface area (Å²) in [4.78, 5) is 4.72. The van der Waals surface area contributed by atoms with Crippen molar-refractivity contribution in [3.05, 3.63) is 34.9 Å². The van der Waals surface area contributed by atoms with Crippen LogP contribution in [0.4, 0.5) is 0 Å². The van der Waals surface area contributed by atoms with Crippen molar-refractivity contribution in [3.63, 3.8) is 0 Å². The van der Waals surface area contributed by atoms with E-state index in [2.05, 4.69) is 29.1 Å². The summed E-state index contributed by atoms with van der Waals surface area (Å²) in [5.41, 5.74) is 0.910. The van der Waals surface area contributed by atoms with Gasteiger partial charge in [0.05, 0.1) is 11.4 Å². The van der Waals surface area contributed by atoms with E-state index in [4.69, 9.17) is 14.5 Å². The van der Waals surface area contributed by atoms with Gasteiger partial charge in [0.2, 0.25) is 6.79 Å². The average molecular weight is 375 g/mol. The van der Waals surface area contributed by atoms with Gasteiger partial charge in [0.25, 0.3) is 0 Å². The summed E-state index contributed by atoms with van der Waals surface area (Å²) < 4.78 is 13.7. The van der Waals surface area contributed by atoms with E-state index in [-0.39, 0.29) is 12.7 Å². The maximum absolute atomic E-state index is 5.48. The van der Waals surface area contributed by atoms with Crippen LogP contribution >= 0.6 is 23.1 Å². The van der Waals surface area contributed by atoms with Gasteiger partial charge in [0.1, 0.15) is 10.8 Å². The first-order chi connectivity index (χ1) is 12.1. The van der Waals surface area contributed by atoms with Crippen molar-refractivity contribution in [1.29, 1.82) is 0 Å². The Hall–Kier alpha value is -2.13. The summed E-state index contributed by atoms with van der Waals surface area (Å²) in [5.74, 6) is 4.11. The first-order valence-corrected chi connectivity index (χ1v) is 9.69. The zero-order chi connectivity index (χ0) is 17.4. The Morgan fingerprint density at radius 2 is 2.08 bits per heavy atom. The third kappa shape index (κ3) is 3.34. The van der Waals surface area contributed by atoms with Gasteiger partial charge >= 0.3 is 0 Å². The highest BCUT2D eigenvalue weighted by Crippen LogP contribution is 2.34. The molecule has 0 spiro atoms. The van der Waals surface area contributed by atoms with Gasteiger partial charge in [0.15, 0.2) is 21.7 Å². The van der Waals surface area contributed by atoms with Crippen molar-refractivity contribution in [3.8, 4) is 17.2 Å². The molecule has 25 heavy (non-hydrogen) atoms. The molecule has 1 aliphatic heterocycles. The number of aromatic nitrogens is 5. The van der Waals surface area contributed by atoms with Crippen LogP contribution in [0.2, 0.25) is 0 Å². The van der Waals surface area contributed by atoms with Crippen LogP contribution in [0, 0.1) is 6.92 Å². The SMILES string of the molecule is Cc1nnc(SCc2nc(C(C)C)nn2-c2ccc3c(c2)OCO3)s1. The van der Waals surface area contributed by atoms with E-state index in [1.54, 1.807) is 23.1 Å². The number of hydrogen-bond donors (Lipinski definition) is 0. The molecule has 7 nitrogen and oxygen atoms in total. The van der Waals surface area contributed by atoms with E-state index in [1.165, 1.54) is 0 Å². The van der Waals surface area contributed by atoms with E-state index in [0.29, 0.717) is 5.75 Å². The number of nitrogens with zero attached hydrogens (tertiary/aromatic N) is 5. The molecule has 0 saturated carbocycles. The van der Waals surface area contributed by atoms with E-state index in [0.717, 1.165) is 38.2 Å². The standard InChI is InChI=1S/C16H17N5O2S2/c1-9(2)15-17-14(7-24-16-19-18-10(3)25-16)21(20-15)11-4-5-12-13(6-11)23-8-22-12/h4-6,9H,7-8H2,1-3H3. The molecule has 0 radical (unpaired) electrons. The van der Waals surface area contributed by atoms with Crippen molar-refractivity contribution < 1.29 is 9.47 Å². The summed E-state index contributed by atoms with van der Waals surface area (Å²) in [6.45, 7) is 6.38. The van der Waals surface area contributed by atoms with Crippen molar-refractivity contribution in [2.45, 2.75) is 36.8 Å². The van der Waals surface area contributed by atoms with Crippen LogP contribution in [0.1, 0.15) is 36.4 Å². The average Bonchev–Trinajstić information content (AvgIpc) is 3.31. The number of benzene rings is 1. The zero-order valence-electron chi connectivity index (χ0n) is 14.1. The third-order valence-corrected chi connectivity index (χ3v) is 5.61. The minimum Gasteiger partial charge on any atom is -0.454 e. The van der Waals surface area contributed by atoms with Gasteiger partial charge in [-0.1, -0.05) is 36.9 Å². The number of fused-ring (bicyclic) bond motifs is 1. The van der Waals surface area contributed by atoms with Gasteiger partial charge in [-0.25, -0.2) is 9.67 Å². The lowest BCUT2D eigenvalue weighted by Gasteiger charge is -2.06. The summed E-state index contributed by atoms with van der Waals surface area (Å²) in [7, 11) is 0. The summed E-state index contributed by atoms with van der Waals surface area (Å²) in [6, 6.07) is 5.80. The van der Waals surface area contributed by atoms with Crippen molar-refractivity contribution in [2.24, 2.45) is 0 Å². The molecule has 1 aromatic carbocycles. The van der Waals surface area contributed by atoms with Crippen LogP contribution < -0.4 is 9.47 Å². The highest BCUT2D eigenvalue weighted by Gasteiger charge is 2.19. The molecule has 3 aromatic rings. The second-order valence-corrected chi connectivity index (χ2v) is 8.27. The Labute approximate surface area is 153 Å². The molecule has 0 unspecified atom stereocenters. The second kappa shape index (κ2) is 6.64. The van der Waals surface area contributed by atoms with Gasteiger partial charge in [-0.3, -0.25) is 0 Å². The third-order valence-electron chi connectivity index (χ3n) is 3.64. The Balaban J connectivity index is 1.65. The van der Waals surface area contributed by atoms with Crippen molar-refractivity contribution >= 4 is 23.1 Å². The fraction of sp³-hybridized carbons (Fsp3) is 0.375. The molecule has 0 saturated heterocycles.